The van der Waals surface area contributed by atoms with E-state index in [4.69, 9.17) is 10.9 Å². The highest BCUT2D eigenvalue weighted by atomic mass is 16.4. The number of amidine groups is 1. The third-order valence-corrected chi connectivity index (χ3v) is 2.58. The SMILES string of the molecule is NC(=NO)c1ccc(N2CCCC2)nc1. The summed E-state index contributed by atoms with van der Waals surface area (Å²) in [6, 6.07) is 3.72. The summed E-state index contributed by atoms with van der Waals surface area (Å²) < 4.78 is 0. The average molecular weight is 206 g/mol. The molecule has 0 amide bonds. The fourth-order valence-electron chi connectivity index (χ4n) is 1.73. The minimum atomic E-state index is 0.0930. The molecule has 5 heteroatoms. The van der Waals surface area contributed by atoms with Crippen LogP contribution in [-0.2, 0) is 0 Å². The molecule has 0 aliphatic carbocycles. The van der Waals surface area contributed by atoms with Gasteiger partial charge in [0, 0.05) is 24.8 Å². The molecular weight excluding hydrogens is 192 g/mol. The first-order valence-electron chi connectivity index (χ1n) is 5.00. The van der Waals surface area contributed by atoms with Gasteiger partial charge in [0.25, 0.3) is 0 Å². The Hall–Kier alpha value is -1.78. The topological polar surface area (TPSA) is 74.7 Å². The highest BCUT2D eigenvalue weighted by molar-refractivity contribution is 5.96. The quantitative estimate of drug-likeness (QED) is 0.324. The zero-order valence-corrected chi connectivity index (χ0v) is 8.43. The van der Waals surface area contributed by atoms with E-state index in [2.05, 4.69) is 15.0 Å². The molecule has 0 aromatic carbocycles. The first-order valence-corrected chi connectivity index (χ1v) is 5.00. The molecule has 2 heterocycles. The first kappa shape index (κ1) is 9.76. The largest absolute Gasteiger partial charge is 0.409 e. The minimum Gasteiger partial charge on any atom is -0.409 e. The number of rotatable bonds is 2. The summed E-state index contributed by atoms with van der Waals surface area (Å²) in [7, 11) is 0. The van der Waals surface area contributed by atoms with Gasteiger partial charge >= 0.3 is 0 Å². The normalized spacial score (nSPS) is 17.1. The molecule has 0 unspecified atom stereocenters. The lowest BCUT2D eigenvalue weighted by Crippen LogP contribution is -2.19. The van der Waals surface area contributed by atoms with Gasteiger partial charge in [-0.25, -0.2) is 4.98 Å². The van der Waals surface area contributed by atoms with Crippen molar-refractivity contribution in [1.29, 1.82) is 0 Å². The maximum absolute atomic E-state index is 8.49. The summed E-state index contributed by atoms with van der Waals surface area (Å²) in [5.74, 6) is 1.05. The summed E-state index contributed by atoms with van der Waals surface area (Å²) >= 11 is 0. The van der Waals surface area contributed by atoms with Crippen molar-refractivity contribution in [3.05, 3.63) is 23.9 Å². The van der Waals surface area contributed by atoms with Gasteiger partial charge in [-0.05, 0) is 25.0 Å². The van der Waals surface area contributed by atoms with Crippen LogP contribution in [0.2, 0.25) is 0 Å². The van der Waals surface area contributed by atoms with Gasteiger partial charge in [-0.2, -0.15) is 0 Å². The van der Waals surface area contributed by atoms with Crippen LogP contribution in [0.4, 0.5) is 5.82 Å². The molecule has 0 bridgehead atoms. The van der Waals surface area contributed by atoms with E-state index in [-0.39, 0.29) is 5.84 Å². The molecule has 3 N–H and O–H groups in total. The summed E-state index contributed by atoms with van der Waals surface area (Å²) in [5.41, 5.74) is 6.08. The van der Waals surface area contributed by atoms with Crippen LogP contribution in [0.1, 0.15) is 18.4 Å². The Balaban J connectivity index is 2.16. The van der Waals surface area contributed by atoms with E-state index >= 15 is 0 Å². The second kappa shape index (κ2) is 4.16. The van der Waals surface area contributed by atoms with Crippen molar-refractivity contribution in [1.82, 2.24) is 4.98 Å². The molecule has 0 atom stereocenters. The number of nitrogens with two attached hydrogens (primary N) is 1. The van der Waals surface area contributed by atoms with Crippen molar-refractivity contribution in [3.8, 4) is 0 Å². The maximum atomic E-state index is 8.49. The van der Waals surface area contributed by atoms with Crippen LogP contribution >= 0.6 is 0 Å². The first-order chi connectivity index (χ1) is 7.31. The monoisotopic (exact) mass is 206 g/mol. The van der Waals surface area contributed by atoms with E-state index in [0.29, 0.717) is 5.56 Å². The Morgan fingerprint density at radius 2 is 2.13 bits per heavy atom. The molecule has 1 saturated heterocycles. The number of nitrogens with zero attached hydrogens (tertiary/aromatic N) is 3. The second-order valence-corrected chi connectivity index (χ2v) is 3.58. The molecule has 1 aromatic rings. The van der Waals surface area contributed by atoms with Crippen molar-refractivity contribution < 1.29 is 5.21 Å². The van der Waals surface area contributed by atoms with Crippen molar-refractivity contribution in [2.24, 2.45) is 10.9 Å². The predicted molar refractivity (Wildman–Crippen MR) is 58.2 cm³/mol. The fraction of sp³-hybridized carbons (Fsp3) is 0.400. The van der Waals surface area contributed by atoms with Crippen molar-refractivity contribution in [2.75, 3.05) is 18.0 Å². The molecule has 0 spiro atoms. The van der Waals surface area contributed by atoms with Crippen LogP contribution in [0.25, 0.3) is 0 Å². The lowest BCUT2D eigenvalue weighted by atomic mass is 10.2. The Bertz CT molecular complexity index is 354. The lowest BCUT2D eigenvalue weighted by Gasteiger charge is -2.15. The Morgan fingerprint density at radius 1 is 1.40 bits per heavy atom. The molecule has 0 saturated carbocycles. The van der Waals surface area contributed by atoms with E-state index in [0.717, 1.165) is 18.9 Å². The van der Waals surface area contributed by atoms with Crippen LogP contribution in [0.3, 0.4) is 0 Å². The molecule has 1 aliphatic rings. The van der Waals surface area contributed by atoms with Crippen LogP contribution in [0, 0.1) is 0 Å². The van der Waals surface area contributed by atoms with E-state index in [1.165, 1.54) is 12.8 Å². The fourth-order valence-corrected chi connectivity index (χ4v) is 1.73. The van der Waals surface area contributed by atoms with E-state index in [9.17, 15) is 0 Å². The van der Waals surface area contributed by atoms with Crippen LogP contribution < -0.4 is 10.6 Å². The molecule has 2 rings (SSSR count). The molecule has 15 heavy (non-hydrogen) atoms. The molecular formula is C10H14N4O. The average Bonchev–Trinajstić information content (AvgIpc) is 2.82. The number of pyridine rings is 1. The van der Waals surface area contributed by atoms with Gasteiger partial charge in [-0.15, -0.1) is 0 Å². The van der Waals surface area contributed by atoms with Crippen LogP contribution in [-0.4, -0.2) is 29.1 Å². The molecule has 1 fully saturated rings. The van der Waals surface area contributed by atoms with E-state index < -0.39 is 0 Å². The third-order valence-electron chi connectivity index (χ3n) is 2.58. The van der Waals surface area contributed by atoms with E-state index in [1.54, 1.807) is 6.20 Å². The van der Waals surface area contributed by atoms with Gasteiger partial charge in [-0.1, -0.05) is 5.16 Å². The molecule has 0 radical (unpaired) electrons. The number of aromatic nitrogens is 1. The standard InChI is InChI=1S/C10H14N4O/c11-10(13-15)8-3-4-9(12-7-8)14-5-1-2-6-14/h3-4,7,15H,1-2,5-6H2,(H2,11,13). The number of anilines is 1. The van der Waals surface area contributed by atoms with Crippen molar-refractivity contribution in [2.45, 2.75) is 12.8 Å². The number of hydrogen-bond acceptors (Lipinski definition) is 4. The molecule has 1 aliphatic heterocycles. The van der Waals surface area contributed by atoms with Crippen molar-refractivity contribution >= 4 is 11.7 Å². The van der Waals surface area contributed by atoms with E-state index in [1.807, 2.05) is 12.1 Å². The van der Waals surface area contributed by atoms with Crippen molar-refractivity contribution in [3.63, 3.8) is 0 Å². The summed E-state index contributed by atoms with van der Waals surface area (Å²) in [6.45, 7) is 2.13. The molecule has 1 aromatic heterocycles. The van der Waals surface area contributed by atoms with Gasteiger partial charge in [0.15, 0.2) is 5.84 Å². The second-order valence-electron chi connectivity index (χ2n) is 3.58. The predicted octanol–water partition coefficient (Wildman–Crippen LogP) is 0.776. The summed E-state index contributed by atoms with van der Waals surface area (Å²) in [6.07, 6.45) is 4.08. The third kappa shape index (κ3) is 2.01. The zero-order chi connectivity index (χ0) is 10.7. The zero-order valence-electron chi connectivity index (χ0n) is 8.43. The smallest absolute Gasteiger partial charge is 0.171 e. The Morgan fingerprint density at radius 3 is 2.67 bits per heavy atom. The summed E-state index contributed by atoms with van der Waals surface area (Å²) in [5, 5.41) is 11.4. The lowest BCUT2D eigenvalue weighted by molar-refractivity contribution is 0.318. The Labute approximate surface area is 88.2 Å². The minimum absolute atomic E-state index is 0.0930. The Kier molecular flexibility index (Phi) is 2.71. The van der Waals surface area contributed by atoms with Crippen LogP contribution in [0.5, 0.6) is 0 Å². The van der Waals surface area contributed by atoms with Gasteiger partial charge in [0.1, 0.15) is 5.82 Å². The number of oxime groups is 1. The number of hydrogen-bond donors (Lipinski definition) is 2. The summed E-state index contributed by atoms with van der Waals surface area (Å²) in [4.78, 5) is 6.52. The van der Waals surface area contributed by atoms with Gasteiger partial charge in [-0.3, -0.25) is 0 Å². The highest BCUT2D eigenvalue weighted by Gasteiger charge is 2.13. The highest BCUT2D eigenvalue weighted by Crippen LogP contribution is 2.17. The van der Waals surface area contributed by atoms with Gasteiger partial charge in [0.2, 0.25) is 0 Å². The molecule has 80 valence electrons. The van der Waals surface area contributed by atoms with Crippen LogP contribution in [0.15, 0.2) is 23.5 Å². The van der Waals surface area contributed by atoms with Gasteiger partial charge < -0.3 is 15.8 Å². The van der Waals surface area contributed by atoms with Gasteiger partial charge in [0.05, 0.1) is 0 Å². The molecule has 5 nitrogen and oxygen atoms in total. The maximum Gasteiger partial charge on any atom is 0.171 e.